The lowest BCUT2D eigenvalue weighted by molar-refractivity contribution is 0.372. The van der Waals surface area contributed by atoms with E-state index in [2.05, 4.69) is 43.2 Å². The van der Waals surface area contributed by atoms with E-state index in [1.54, 1.807) is 7.11 Å². The smallest absolute Gasteiger partial charge is 0.137 e. The molecule has 1 aliphatic heterocycles. The summed E-state index contributed by atoms with van der Waals surface area (Å²) in [6.07, 6.45) is 3.73. The van der Waals surface area contributed by atoms with Crippen LogP contribution in [-0.2, 0) is 0 Å². The van der Waals surface area contributed by atoms with Crippen LogP contribution in [-0.4, -0.2) is 13.7 Å². The zero-order valence-corrected chi connectivity index (χ0v) is 12.4. The Morgan fingerprint density at radius 3 is 2.75 bits per heavy atom. The van der Waals surface area contributed by atoms with Crippen LogP contribution in [0.15, 0.2) is 21.1 Å². The Morgan fingerprint density at radius 2 is 2.12 bits per heavy atom. The molecular weight excluding hydrogens is 334 g/mol. The largest absolute Gasteiger partial charge is 0.495 e. The first-order chi connectivity index (χ1) is 7.72. The van der Waals surface area contributed by atoms with Crippen molar-refractivity contribution in [3.8, 4) is 5.75 Å². The molecule has 16 heavy (non-hydrogen) atoms. The van der Waals surface area contributed by atoms with Crippen LogP contribution in [0.25, 0.3) is 0 Å². The first-order valence-corrected chi connectivity index (χ1v) is 7.07. The fourth-order valence-corrected chi connectivity index (χ4v) is 3.59. The van der Waals surface area contributed by atoms with Gasteiger partial charge in [-0.2, -0.15) is 0 Å². The average Bonchev–Trinajstić information content (AvgIpc) is 2.29. The summed E-state index contributed by atoms with van der Waals surface area (Å²) in [4.78, 5) is 0. The van der Waals surface area contributed by atoms with Gasteiger partial charge in [-0.3, -0.25) is 0 Å². The summed E-state index contributed by atoms with van der Waals surface area (Å²) in [5.74, 6) is 0.947. The van der Waals surface area contributed by atoms with Gasteiger partial charge in [0.15, 0.2) is 0 Å². The van der Waals surface area contributed by atoms with Gasteiger partial charge < -0.3 is 10.1 Å². The molecule has 0 saturated carbocycles. The number of hydrogen-bond acceptors (Lipinski definition) is 2. The van der Waals surface area contributed by atoms with Crippen molar-refractivity contribution in [2.45, 2.75) is 25.3 Å². The molecule has 1 aromatic carbocycles. The molecule has 2 nitrogen and oxygen atoms in total. The Hall–Kier alpha value is -0.0600. The van der Waals surface area contributed by atoms with Gasteiger partial charge in [-0.25, -0.2) is 0 Å². The van der Waals surface area contributed by atoms with Gasteiger partial charge in [0, 0.05) is 16.1 Å². The highest BCUT2D eigenvalue weighted by Crippen LogP contribution is 2.38. The fourth-order valence-electron chi connectivity index (χ4n) is 2.17. The SMILES string of the molecule is COc1c(Br)cc(Br)cc1C1CCCCN1. The second-order valence-corrected chi connectivity index (χ2v) is 5.78. The first-order valence-electron chi connectivity index (χ1n) is 5.48. The lowest BCUT2D eigenvalue weighted by Gasteiger charge is -2.26. The molecule has 1 aliphatic rings. The van der Waals surface area contributed by atoms with E-state index in [-0.39, 0.29) is 0 Å². The molecule has 0 aliphatic carbocycles. The number of hydrogen-bond donors (Lipinski definition) is 1. The Bertz CT molecular complexity index is 376. The van der Waals surface area contributed by atoms with E-state index in [0.717, 1.165) is 21.2 Å². The van der Waals surface area contributed by atoms with Crippen molar-refractivity contribution in [3.05, 3.63) is 26.6 Å². The van der Waals surface area contributed by atoms with Crippen molar-refractivity contribution in [1.29, 1.82) is 0 Å². The van der Waals surface area contributed by atoms with E-state index in [1.807, 2.05) is 6.07 Å². The Kier molecular flexibility index (Phi) is 4.27. The molecule has 0 bridgehead atoms. The number of methoxy groups -OCH3 is 1. The number of ether oxygens (including phenoxy) is 1. The molecule has 1 heterocycles. The Morgan fingerprint density at radius 1 is 1.31 bits per heavy atom. The van der Waals surface area contributed by atoms with Crippen LogP contribution in [0.3, 0.4) is 0 Å². The topological polar surface area (TPSA) is 21.3 Å². The second-order valence-electron chi connectivity index (χ2n) is 4.01. The number of piperidine rings is 1. The van der Waals surface area contributed by atoms with E-state index in [0.29, 0.717) is 6.04 Å². The highest BCUT2D eigenvalue weighted by atomic mass is 79.9. The third-order valence-electron chi connectivity index (χ3n) is 2.93. The van der Waals surface area contributed by atoms with Gasteiger partial charge in [-0.15, -0.1) is 0 Å². The second kappa shape index (κ2) is 5.52. The predicted molar refractivity (Wildman–Crippen MR) is 73.0 cm³/mol. The maximum Gasteiger partial charge on any atom is 0.137 e. The van der Waals surface area contributed by atoms with E-state index < -0.39 is 0 Å². The molecule has 1 aromatic rings. The minimum Gasteiger partial charge on any atom is -0.495 e. The fraction of sp³-hybridized carbons (Fsp3) is 0.500. The van der Waals surface area contributed by atoms with E-state index >= 15 is 0 Å². The third kappa shape index (κ3) is 2.60. The molecule has 2 rings (SSSR count). The molecule has 88 valence electrons. The summed E-state index contributed by atoms with van der Waals surface area (Å²) in [5.41, 5.74) is 1.24. The maximum absolute atomic E-state index is 5.48. The molecule has 0 amide bonds. The predicted octanol–water partition coefficient (Wildman–Crippen LogP) is 4.03. The number of nitrogens with one attached hydrogen (secondary N) is 1. The van der Waals surface area contributed by atoms with Gasteiger partial charge >= 0.3 is 0 Å². The minimum atomic E-state index is 0.414. The monoisotopic (exact) mass is 347 g/mol. The summed E-state index contributed by atoms with van der Waals surface area (Å²) in [5, 5.41) is 3.54. The number of halogens is 2. The van der Waals surface area contributed by atoms with Gasteiger partial charge in [-0.1, -0.05) is 22.4 Å². The van der Waals surface area contributed by atoms with Crippen molar-refractivity contribution in [2.24, 2.45) is 0 Å². The van der Waals surface area contributed by atoms with Crippen molar-refractivity contribution in [3.63, 3.8) is 0 Å². The van der Waals surface area contributed by atoms with E-state index in [4.69, 9.17) is 4.74 Å². The highest BCUT2D eigenvalue weighted by Gasteiger charge is 2.20. The lowest BCUT2D eigenvalue weighted by Crippen LogP contribution is -2.27. The molecule has 1 N–H and O–H groups in total. The molecule has 0 radical (unpaired) electrons. The molecule has 1 saturated heterocycles. The van der Waals surface area contributed by atoms with Crippen LogP contribution in [0, 0.1) is 0 Å². The zero-order chi connectivity index (χ0) is 11.5. The third-order valence-corrected chi connectivity index (χ3v) is 3.97. The van der Waals surface area contributed by atoms with Crippen LogP contribution >= 0.6 is 31.9 Å². The van der Waals surface area contributed by atoms with Gasteiger partial charge in [-0.05, 0) is 47.4 Å². The summed E-state index contributed by atoms with van der Waals surface area (Å²) >= 11 is 7.07. The zero-order valence-electron chi connectivity index (χ0n) is 9.22. The highest BCUT2D eigenvalue weighted by molar-refractivity contribution is 9.11. The summed E-state index contributed by atoms with van der Waals surface area (Å²) in [6.45, 7) is 1.10. The Labute approximate surface area is 113 Å². The minimum absolute atomic E-state index is 0.414. The quantitative estimate of drug-likeness (QED) is 0.871. The van der Waals surface area contributed by atoms with Crippen molar-refractivity contribution >= 4 is 31.9 Å². The number of rotatable bonds is 2. The summed E-state index contributed by atoms with van der Waals surface area (Å²) < 4.78 is 7.57. The van der Waals surface area contributed by atoms with Crippen molar-refractivity contribution < 1.29 is 4.74 Å². The number of benzene rings is 1. The van der Waals surface area contributed by atoms with Crippen molar-refractivity contribution in [1.82, 2.24) is 5.32 Å². The van der Waals surface area contributed by atoms with Gasteiger partial charge in [0.1, 0.15) is 5.75 Å². The van der Waals surface area contributed by atoms with Crippen molar-refractivity contribution in [2.75, 3.05) is 13.7 Å². The molecular formula is C12H15Br2NO. The van der Waals surface area contributed by atoms with Gasteiger partial charge in [0.25, 0.3) is 0 Å². The molecule has 1 unspecified atom stereocenters. The summed E-state index contributed by atoms with van der Waals surface area (Å²) in [6, 6.07) is 4.58. The molecule has 0 spiro atoms. The van der Waals surface area contributed by atoms with Crippen LogP contribution in [0.5, 0.6) is 5.75 Å². The van der Waals surface area contributed by atoms with Crippen LogP contribution in [0.2, 0.25) is 0 Å². The van der Waals surface area contributed by atoms with E-state index in [1.165, 1.54) is 24.8 Å². The van der Waals surface area contributed by atoms with Crippen LogP contribution in [0.1, 0.15) is 30.9 Å². The van der Waals surface area contributed by atoms with Gasteiger partial charge in [0.05, 0.1) is 11.6 Å². The normalized spacial score (nSPS) is 20.8. The van der Waals surface area contributed by atoms with E-state index in [9.17, 15) is 0 Å². The van der Waals surface area contributed by atoms with Crippen LogP contribution < -0.4 is 10.1 Å². The molecule has 1 fully saturated rings. The Balaban J connectivity index is 2.36. The molecule has 4 heteroatoms. The summed E-state index contributed by atoms with van der Waals surface area (Å²) in [7, 11) is 1.72. The van der Waals surface area contributed by atoms with Gasteiger partial charge in [0.2, 0.25) is 0 Å². The van der Waals surface area contributed by atoms with Crippen LogP contribution in [0.4, 0.5) is 0 Å². The molecule has 1 atom stereocenters. The maximum atomic E-state index is 5.48. The first kappa shape index (κ1) is 12.4. The molecule has 0 aromatic heterocycles. The standard InChI is InChI=1S/C12H15Br2NO/c1-16-12-9(6-8(13)7-10(12)14)11-4-2-3-5-15-11/h6-7,11,15H,2-5H2,1H3. The average molecular weight is 349 g/mol. The lowest BCUT2D eigenvalue weighted by atomic mass is 9.97.